The van der Waals surface area contributed by atoms with Gasteiger partial charge in [0.05, 0.1) is 4.83 Å². The Bertz CT molecular complexity index is 623. The Labute approximate surface area is 118 Å². The van der Waals surface area contributed by atoms with Crippen molar-refractivity contribution in [1.29, 1.82) is 0 Å². The maximum atomic E-state index is 13.7. The van der Waals surface area contributed by atoms with Gasteiger partial charge in [-0.2, -0.15) is 0 Å². The zero-order chi connectivity index (χ0) is 14.2. The summed E-state index contributed by atoms with van der Waals surface area (Å²) in [6.45, 7) is 3.92. The summed E-state index contributed by atoms with van der Waals surface area (Å²) in [4.78, 5) is -0.512. The number of hydrogen-bond donors (Lipinski definition) is 0. The lowest BCUT2D eigenvalue weighted by molar-refractivity contribution is 0.491. The van der Waals surface area contributed by atoms with E-state index in [-0.39, 0.29) is 5.56 Å². The standard InChI is InChI=1S/C15H12BrF3/c1-8-3-4-10(5-9(8)2)15(16)11-6-13(18)14(19)7-12(11)17/h3-7,15H,1-2H3. The molecule has 0 bridgehead atoms. The van der Waals surface area contributed by atoms with E-state index in [2.05, 4.69) is 15.9 Å². The number of halogens is 4. The van der Waals surface area contributed by atoms with Crippen molar-refractivity contribution < 1.29 is 13.2 Å². The van der Waals surface area contributed by atoms with Crippen LogP contribution in [-0.2, 0) is 0 Å². The van der Waals surface area contributed by atoms with Crippen LogP contribution in [0.5, 0.6) is 0 Å². The molecule has 2 rings (SSSR count). The topological polar surface area (TPSA) is 0 Å². The van der Waals surface area contributed by atoms with Gasteiger partial charge in [-0.25, -0.2) is 13.2 Å². The summed E-state index contributed by atoms with van der Waals surface area (Å²) in [5, 5.41) is 0. The normalized spacial score (nSPS) is 12.5. The molecule has 0 fully saturated rings. The first-order chi connectivity index (χ1) is 8.90. The zero-order valence-corrected chi connectivity index (χ0v) is 12.1. The van der Waals surface area contributed by atoms with Crippen LogP contribution >= 0.6 is 15.9 Å². The first-order valence-corrected chi connectivity index (χ1v) is 6.67. The smallest absolute Gasteiger partial charge is 0.161 e. The van der Waals surface area contributed by atoms with E-state index in [1.54, 1.807) is 0 Å². The van der Waals surface area contributed by atoms with Gasteiger partial charge in [0.2, 0.25) is 0 Å². The highest BCUT2D eigenvalue weighted by Gasteiger charge is 2.18. The average molecular weight is 329 g/mol. The molecular weight excluding hydrogens is 317 g/mol. The molecule has 100 valence electrons. The summed E-state index contributed by atoms with van der Waals surface area (Å²) in [7, 11) is 0. The van der Waals surface area contributed by atoms with E-state index < -0.39 is 22.3 Å². The molecule has 0 N–H and O–H groups in total. The molecule has 2 aromatic carbocycles. The van der Waals surface area contributed by atoms with Gasteiger partial charge in [0.1, 0.15) is 5.82 Å². The van der Waals surface area contributed by atoms with Crippen LogP contribution in [0, 0.1) is 31.3 Å². The Hall–Kier alpha value is -1.29. The van der Waals surface area contributed by atoms with Crippen LogP contribution in [0.15, 0.2) is 30.3 Å². The molecule has 0 nitrogen and oxygen atoms in total. The summed E-state index contributed by atoms with van der Waals surface area (Å²) < 4.78 is 39.8. The molecule has 4 heteroatoms. The molecule has 19 heavy (non-hydrogen) atoms. The van der Waals surface area contributed by atoms with Crippen molar-refractivity contribution in [3.8, 4) is 0 Å². The second kappa shape index (κ2) is 5.37. The summed E-state index contributed by atoms with van der Waals surface area (Å²) in [6.07, 6.45) is 0. The number of hydrogen-bond acceptors (Lipinski definition) is 0. The van der Waals surface area contributed by atoms with Crippen LogP contribution in [0.25, 0.3) is 0 Å². The number of rotatable bonds is 2. The molecule has 2 aromatic rings. The highest BCUT2D eigenvalue weighted by molar-refractivity contribution is 9.09. The van der Waals surface area contributed by atoms with Crippen molar-refractivity contribution in [2.24, 2.45) is 0 Å². The summed E-state index contributed by atoms with van der Waals surface area (Å²) in [5.41, 5.74) is 3.06. The fourth-order valence-electron chi connectivity index (χ4n) is 1.83. The number of alkyl halides is 1. The largest absolute Gasteiger partial charge is 0.207 e. The van der Waals surface area contributed by atoms with Crippen molar-refractivity contribution in [2.75, 3.05) is 0 Å². The first kappa shape index (κ1) is 14.1. The van der Waals surface area contributed by atoms with Crippen LogP contribution in [0.1, 0.15) is 27.1 Å². The summed E-state index contributed by atoms with van der Waals surface area (Å²) in [5.74, 6) is -3.00. The van der Waals surface area contributed by atoms with Crippen LogP contribution in [0.3, 0.4) is 0 Å². The highest BCUT2D eigenvalue weighted by Crippen LogP contribution is 2.34. The van der Waals surface area contributed by atoms with E-state index in [9.17, 15) is 13.2 Å². The molecule has 0 heterocycles. The van der Waals surface area contributed by atoms with Crippen LogP contribution in [0.2, 0.25) is 0 Å². The third-order valence-corrected chi connectivity index (χ3v) is 4.16. The van der Waals surface area contributed by atoms with Crippen molar-refractivity contribution in [1.82, 2.24) is 0 Å². The van der Waals surface area contributed by atoms with E-state index in [1.807, 2.05) is 32.0 Å². The molecule has 0 saturated heterocycles. The van der Waals surface area contributed by atoms with Gasteiger partial charge in [0, 0.05) is 11.6 Å². The maximum Gasteiger partial charge on any atom is 0.161 e. The minimum atomic E-state index is -1.18. The molecule has 0 aliphatic heterocycles. The van der Waals surface area contributed by atoms with Gasteiger partial charge in [0.25, 0.3) is 0 Å². The highest BCUT2D eigenvalue weighted by atomic mass is 79.9. The second-order valence-corrected chi connectivity index (χ2v) is 5.41. The zero-order valence-electron chi connectivity index (χ0n) is 10.5. The fraction of sp³-hybridized carbons (Fsp3) is 0.200. The van der Waals surface area contributed by atoms with Gasteiger partial charge in [-0.15, -0.1) is 0 Å². The predicted molar refractivity (Wildman–Crippen MR) is 73.0 cm³/mol. The third kappa shape index (κ3) is 2.84. The first-order valence-electron chi connectivity index (χ1n) is 5.76. The van der Waals surface area contributed by atoms with Gasteiger partial charge >= 0.3 is 0 Å². The number of aryl methyl sites for hydroxylation is 2. The van der Waals surface area contributed by atoms with E-state index in [0.717, 1.165) is 22.8 Å². The van der Waals surface area contributed by atoms with Crippen molar-refractivity contribution in [2.45, 2.75) is 18.7 Å². The van der Waals surface area contributed by atoms with E-state index in [4.69, 9.17) is 0 Å². The van der Waals surface area contributed by atoms with Gasteiger partial charge in [-0.05, 0) is 36.6 Å². The Morgan fingerprint density at radius 3 is 2.11 bits per heavy atom. The predicted octanol–water partition coefficient (Wildman–Crippen LogP) is 5.21. The Morgan fingerprint density at radius 1 is 0.842 bits per heavy atom. The quantitative estimate of drug-likeness (QED) is 0.524. The average Bonchev–Trinajstić information content (AvgIpc) is 2.36. The van der Waals surface area contributed by atoms with Crippen LogP contribution in [0.4, 0.5) is 13.2 Å². The second-order valence-electron chi connectivity index (χ2n) is 4.49. The van der Waals surface area contributed by atoms with Gasteiger partial charge < -0.3 is 0 Å². The molecule has 0 spiro atoms. The minimum absolute atomic E-state index is 0.0853. The van der Waals surface area contributed by atoms with E-state index in [1.165, 1.54) is 0 Å². The molecule has 0 aliphatic carbocycles. The molecule has 0 radical (unpaired) electrons. The molecule has 0 amide bonds. The fourth-order valence-corrected chi connectivity index (χ4v) is 2.47. The molecule has 0 aromatic heterocycles. The molecule has 0 aliphatic rings. The lowest BCUT2D eigenvalue weighted by Gasteiger charge is -2.14. The van der Waals surface area contributed by atoms with Gasteiger partial charge in [0.15, 0.2) is 11.6 Å². The van der Waals surface area contributed by atoms with Crippen molar-refractivity contribution in [3.05, 3.63) is 70.0 Å². The van der Waals surface area contributed by atoms with E-state index >= 15 is 0 Å². The molecule has 1 atom stereocenters. The van der Waals surface area contributed by atoms with E-state index in [0.29, 0.717) is 6.07 Å². The summed E-state index contributed by atoms with van der Waals surface area (Å²) in [6, 6.07) is 7.11. The Balaban J connectivity index is 2.46. The van der Waals surface area contributed by atoms with Crippen molar-refractivity contribution >= 4 is 15.9 Å². The number of benzene rings is 2. The Morgan fingerprint density at radius 2 is 1.47 bits per heavy atom. The third-order valence-electron chi connectivity index (χ3n) is 3.14. The lowest BCUT2D eigenvalue weighted by atomic mass is 10.00. The van der Waals surface area contributed by atoms with Crippen LogP contribution in [-0.4, -0.2) is 0 Å². The Kier molecular flexibility index (Phi) is 3.99. The van der Waals surface area contributed by atoms with Crippen LogP contribution < -0.4 is 0 Å². The minimum Gasteiger partial charge on any atom is -0.207 e. The van der Waals surface area contributed by atoms with Gasteiger partial charge in [-0.3, -0.25) is 0 Å². The lowest BCUT2D eigenvalue weighted by Crippen LogP contribution is -2.00. The molecule has 1 unspecified atom stereocenters. The monoisotopic (exact) mass is 328 g/mol. The molecular formula is C15H12BrF3. The maximum absolute atomic E-state index is 13.7. The van der Waals surface area contributed by atoms with Gasteiger partial charge in [-0.1, -0.05) is 34.1 Å². The van der Waals surface area contributed by atoms with Crippen molar-refractivity contribution in [3.63, 3.8) is 0 Å². The molecule has 0 saturated carbocycles. The summed E-state index contributed by atoms with van der Waals surface area (Å²) >= 11 is 3.33. The SMILES string of the molecule is Cc1ccc(C(Br)c2cc(F)c(F)cc2F)cc1C.